The van der Waals surface area contributed by atoms with E-state index in [0.29, 0.717) is 5.92 Å². The second kappa shape index (κ2) is 7.63. The lowest BCUT2D eigenvalue weighted by atomic mass is 9.86. The van der Waals surface area contributed by atoms with Crippen LogP contribution in [-0.2, 0) is 0 Å². The van der Waals surface area contributed by atoms with Crippen LogP contribution in [0, 0.1) is 5.92 Å². The number of carbonyl (C=O) groups is 1. The highest BCUT2D eigenvalue weighted by Gasteiger charge is 2.26. The van der Waals surface area contributed by atoms with E-state index in [4.69, 9.17) is 0 Å². The van der Waals surface area contributed by atoms with Gasteiger partial charge in [0.1, 0.15) is 5.82 Å². The average Bonchev–Trinajstić information content (AvgIpc) is 3.01. The smallest absolute Gasteiger partial charge is 0.322 e. The third-order valence-electron chi connectivity index (χ3n) is 4.86. The molecule has 1 aromatic heterocycles. The number of hydrogen-bond donors (Lipinski definition) is 2. The molecule has 0 radical (unpaired) electrons. The summed E-state index contributed by atoms with van der Waals surface area (Å²) < 4.78 is 1.86. The van der Waals surface area contributed by atoms with Gasteiger partial charge in [0.15, 0.2) is 0 Å². The van der Waals surface area contributed by atoms with E-state index in [2.05, 4.69) is 24.3 Å². The van der Waals surface area contributed by atoms with E-state index in [-0.39, 0.29) is 24.7 Å². The van der Waals surface area contributed by atoms with E-state index in [1.807, 2.05) is 17.8 Å². The van der Waals surface area contributed by atoms with Gasteiger partial charge >= 0.3 is 6.03 Å². The summed E-state index contributed by atoms with van der Waals surface area (Å²) in [4.78, 5) is 14.2. The van der Waals surface area contributed by atoms with Gasteiger partial charge in [-0.05, 0) is 44.9 Å². The van der Waals surface area contributed by atoms with Gasteiger partial charge in [-0.25, -0.2) is 9.48 Å². The van der Waals surface area contributed by atoms with Crippen LogP contribution in [0.3, 0.4) is 0 Å². The number of rotatable bonds is 5. The van der Waals surface area contributed by atoms with Gasteiger partial charge in [0, 0.05) is 25.8 Å². The Hall–Kier alpha value is -1.56. The summed E-state index contributed by atoms with van der Waals surface area (Å²) in [7, 11) is 1.85. The largest absolute Gasteiger partial charge is 0.396 e. The Labute approximate surface area is 132 Å². The molecule has 1 aliphatic carbocycles. The van der Waals surface area contributed by atoms with Gasteiger partial charge in [0.25, 0.3) is 0 Å². The predicted molar refractivity (Wildman–Crippen MR) is 86.8 cm³/mol. The molecule has 1 heterocycles. The molecule has 0 aliphatic heterocycles. The van der Waals surface area contributed by atoms with Crippen molar-refractivity contribution in [2.24, 2.45) is 5.92 Å². The number of anilines is 1. The Bertz CT molecular complexity index is 480. The normalized spacial score (nSPS) is 23.1. The molecule has 6 nitrogen and oxygen atoms in total. The maximum Gasteiger partial charge on any atom is 0.322 e. The molecule has 22 heavy (non-hydrogen) atoms. The predicted octanol–water partition coefficient (Wildman–Crippen LogP) is 2.87. The summed E-state index contributed by atoms with van der Waals surface area (Å²) in [6, 6.07) is 2.26. The first-order valence-electron chi connectivity index (χ1n) is 8.25. The SMILES string of the molecule is CCC(C)n1nccc1NC(=O)N(C)C1CCC(CO)CC1. The Morgan fingerprint density at radius 2 is 2.18 bits per heavy atom. The van der Waals surface area contributed by atoms with Crippen LogP contribution in [0.15, 0.2) is 12.3 Å². The molecule has 1 unspecified atom stereocenters. The molecule has 0 bridgehead atoms. The number of urea groups is 1. The van der Waals surface area contributed by atoms with Crippen molar-refractivity contribution in [3.63, 3.8) is 0 Å². The summed E-state index contributed by atoms with van der Waals surface area (Å²) in [6.07, 6.45) is 6.58. The van der Waals surface area contributed by atoms with Gasteiger partial charge in [0.2, 0.25) is 0 Å². The first-order chi connectivity index (χ1) is 10.6. The summed E-state index contributed by atoms with van der Waals surface area (Å²) in [6.45, 7) is 4.45. The number of amides is 2. The summed E-state index contributed by atoms with van der Waals surface area (Å²) in [5, 5.41) is 16.5. The molecule has 2 N–H and O–H groups in total. The highest BCUT2D eigenvalue weighted by molar-refractivity contribution is 5.88. The van der Waals surface area contributed by atoms with Crippen molar-refractivity contribution < 1.29 is 9.90 Å². The van der Waals surface area contributed by atoms with E-state index in [1.165, 1.54) is 0 Å². The number of aliphatic hydroxyl groups is 1. The second-order valence-electron chi connectivity index (χ2n) is 6.32. The van der Waals surface area contributed by atoms with E-state index < -0.39 is 0 Å². The summed E-state index contributed by atoms with van der Waals surface area (Å²) >= 11 is 0. The highest BCUT2D eigenvalue weighted by atomic mass is 16.3. The van der Waals surface area contributed by atoms with Crippen LogP contribution in [0.5, 0.6) is 0 Å². The Morgan fingerprint density at radius 1 is 1.50 bits per heavy atom. The minimum absolute atomic E-state index is 0.0856. The number of hydrogen-bond acceptors (Lipinski definition) is 3. The first kappa shape index (κ1) is 16.8. The summed E-state index contributed by atoms with van der Waals surface area (Å²) in [5.41, 5.74) is 0. The third kappa shape index (κ3) is 3.80. The van der Waals surface area contributed by atoms with E-state index in [1.54, 1.807) is 11.1 Å². The number of carbonyl (C=O) groups excluding carboxylic acids is 1. The van der Waals surface area contributed by atoms with Crippen molar-refractivity contribution in [2.75, 3.05) is 19.0 Å². The van der Waals surface area contributed by atoms with Gasteiger partial charge in [-0.3, -0.25) is 5.32 Å². The Kier molecular flexibility index (Phi) is 5.83. The minimum atomic E-state index is -0.0856. The zero-order chi connectivity index (χ0) is 16.1. The Balaban J connectivity index is 1.93. The number of nitrogens with one attached hydrogen (secondary N) is 1. The molecule has 0 spiro atoms. The average molecular weight is 308 g/mol. The molecule has 6 heteroatoms. The zero-order valence-electron chi connectivity index (χ0n) is 13.8. The monoisotopic (exact) mass is 308 g/mol. The van der Waals surface area contributed by atoms with Crippen LogP contribution in [0.4, 0.5) is 10.6 Å². The highest BCUT2D eigenvalue weighted by Crippen LogP contribution is 2.27. The van der Waals surface area contributed by atoms with E-state index in [9.17, 15) is 9.90 Å². The van der Waals surface area contributed by atoms with Crippen molar-refractivity contribution in [1.29, 1.82) is 0 Å². The molecule has 124 valence electrons. The van der Waals surface area contributed by atoms with Gasteiger partial charge in [-0.15, -0.1) is 0 Å². The fourth-order valence-corrected chi connectivity index (χ4v) is 3.02. The van der Waals surface area contributed by atoms with E-state index in [0.717, 1.165) is 37.9 Å². The lowest BCUT2D eigenvalue weighted by molar-refractivity contribution is 0.139. The number of nitrogens with zero attached hydrogens (tertiary/aromatic N) is 3. The van der Waals surface area contributed by atoms with Crippen LogP contribution in [0.25, 0.3) is 0 Å². The van der Waals surface area contributed by atoms with Gasteiger partial charge < -0.3 is 10.0 Å². The van der Waals surface area contributed by atoms with Crippen LogP contribution >= 0.6 is 0 Å². The van der Waals surface area contributed by atoms with Crippen LogP contribution < -0.4 is 5.32 Å². The van der Waals surface area contributed by atoms with Gasteiger partial charge in [-0.1, -0.05) is 6.92 Å². The maximum atomic E-state index is 12.4. The van der Waals surface area contributed by atoms with Crippen molar-refractivity contribution in [3.05, 3.63) is 12.3 Å². The third-order valence-corrected chi connectivity index (χ3v) is 4.86. The molecule has 1 atom stereocenters. The number of aliphatic hydroxyl groups excluding tert-OH is 1. The minimum Gasteiger partial charge on any atom is -0.396 e. The van der Waals surface area contributed by atoms with Crippen molar-refractivity contribution in [2.45, 2.75) is 58.0 Å². The zero-order valence-corrected chi connectivity index (χ0v) is 13.8. The summed E-state index contributed by atoms with van der Waals surface area (Å²) in [5.74, 6) is 1.15. The number of aromatic nitrogens is 2. The van der Waals surface area contributed by atoms with Crippen LogP contribution in [0.1, 0.15) is 52.0 Å². The lowest BCUT2D eigenvalue weighted by Gasteiger charge is -2.34. The fraction of sp³-hybridized carbons (Fsp3) is 0.750. The first-order valence-corrected chi connectivity index (χ1v) is 8.25. The standard InChI is InChI=1S/C16H28N4O2/c1-4-12(2)20-15(9-10-17-20)18-16(22)19(3)14-7-5-13(11-21)6-8-14/h9-10,12-14,21H,4-8,11H2,1-3H3,(H,18,22). The molecular weight excluding hydrogens is 280 g/mol. The molecular formula is C16H28N4O2. The topological polar surface area (TPSA) is 70.4 Å². The second-order valence-corrected chi connectivity index (χ2v) is 6.32. The molecule has 2 rings (SSSR count). The van der Waals surface area contributed by atoms with Crippen LogP contribution in [0.2, 0.25) is 0 Å². The molecule has 1 fully saturated rings. The molecule has 1 saturated carbocycles. The quantitative estimate of drug-likeness (QED) is 0.878. The molecule has 1 aromatic rings. The van der Waals surface area contributed by atoms with Gasteiger partial charge in [0.05, 0.1) is 12.2 Å². The van der Waals surface area contributed by atoms with Crippen LogP contribution in [-0.4, -0.2) is 45.5 Å². The van der Waals surface area contributed by atoms with E-state index >= 15 is 0 Å². The lowest BCUT2D eigenvalue weighted by Crippen LogP contribution is -2.42. The van der Waals surface area contributed by atoms with Gasteiger partial charge in [-0.2, -0.15) is 5.10 Å². The van der Waals surface area contributed by atoms with Crippen molar-refractivity contribution >= 4 is 11.8 Å². The molecule has 1 aliphatic rings. The van der Waals surface area contributed by atoms with Crippen molar-refractivity contribution in [3.8, 4) is 0 Å². The van der Waals surface area contributed by atoms with Crippen molar-refractivity contribution in [1.82, 2.24) is 14.7 Å². The Morgan fingerprint density at radius 3 is 2.77 bits per heavy atom. The molecule has 2 amide bonds. The molecule has 0 aromatic carbocycles. The fourth-order valence-electron chi connectivity index (χ4n) is 3.02. The maximum absolute atomic E-state index is 12.4. The molecule has 0 saturated heterocycles.